The van der Waals surface area contributed by atoms with Crippen LogP contribution in [0.15, 0.2) is 59.8 Å². The molecule has 0 unspecified atom stereocenters. The zero-order valence-electron chi connectivity index (χ0n) is 15.9. The van der Waals surface area contributed by atoms with Crippen LogP contribution in [0.1, 0.15) is 18.3 Å². The average Bonchev–Trinajstić information content (AvgIpc) is 3.24. The molecule has 1 aliphatic heterocycles. The number of fused-ring (bicyclic) bond motifs is 1. The number of nitrogens with zero attached hydrogens (tertiary/aromatic N) is 4. The van der Waals surface area contributed by atoms with Crippen molar-refractivity contribution < 1.29 is 9.53 Å². The Morgan fingerprint density at radius 1 is 1.14 bits per heavy atom. The first-order chi connectivity index (χ1) is 13.6. The first kappa shape index (κ1) is 18.6. The van der Waals surface area contributed by atoms with Crippen LogP contribution in [-0.2, 0) is 24.9 Å². The van der Waals surface area contributed by atoms with Crippen molar-refractivity contribution >= 4 is 23.4 Å². The zero-order valence-corrected chi connectivity index (χ0v) is 16.7. The number of thioether (sulfide) groups is 1. The Bertz CT molecular complexity index is 974. The number of rotatable bonds is 6. The van der Waals surface area contributed by atoms with Crippen molar-refractivity contribution in [3.05, 3.63) is 66.0 Å². The normalized spacial score (nSPS) is 15.5. The van der Waals surface area contributed by atoms with Gasteiger partial charge in [0.05, 0.1) is 5.75 Å². The summed E-state index contributed by atoms with van der Waals surface area (Å²) in [5, 5.41) is 9.12. The van der Waals surface area contributed by atoms with Gasteiger partial charge in [-0.1, -0.05) is 48.2 Å². The van der Waals surface area contributed by atoms with Crippen LogP contribution < -0.4 is 9.64 Å². The molecule has 0 spiro atoms. The molecule has 0 aliphatic carbocycles. The molecule has 0 bridgehead atoms. The van der Waals surface area contributed by atoms with E-state index in [1.165, 1.54) is 17.3 Å². The van der Waals surface area contributed by atoms with Crippen LogP contribution in [0, 0.1) is 0 Å². The van der Waals surface area contributed by atoms with Crippen molar-refractivity contribution in [2.75, 3.05) is 10.7 Å². The molecule has 7 heteroatoms. The predicted molar refractivity (Wildman–Crippen MR) is 110 cm³/mol. The molecule has 1 aliphatic rings. The molecular formula is C21H22N4O2S. The Hall–Kier alpha value is -2.80. The minimum Gasteiger partial charge on any atom is -0.486 e. The molecule has 0 radical (unpaired) electrons. The molecule has 6 nitrogen and oxygen atoms in total. The van der Waals surface area contributed by atoms with E-state index >= 15 is 0 Å². The monoisotopic (exact) mass is 394 g/mol. The topological polar surface area (TPSA) is 60.3 Å². The highest BCUT2D eigenvalue weighted by Crippen LogP contribution is 2.32. The van der Waals surface area contributed by atoms with Gasteiger partial charge in [-0.2, -0.15) is 0 Å². The Morgan fingerprint density at radius 2 is 1.89 bits per heavy atom. The highest BCUT2D eigenvalue weighted by atomic mass is 32.2. The summed E-state index contributed by atoms with van der Waals surface area (Å²) in [5.74, 6) is 1.92. The molecule has 28 heavy (non-hydrogen) atoms. The summed E-state index contributed by atoms with van der Waals surface area (Å²) < 4.78 is 7.62. The van der Waals surface area contributed by atoms with Crippen LogP contribution in [0.5, 0.6) is 5.75 Å². The maximum absolute atomic E-state index is 12.8. The summed E-state index contributed by atoms with van der Waals surface area (Å²) >= 11 is 1.40. The first-order valence-corrected chi connectivity index (χ1v) is 10.2. The number of benzene rings is 2. The summed E-state index contributed by atoms with van der Waals surface area (Å²) in [5.41, 5.74) is 2.25. The van der Waals surface area contributed by atoms with E-state index in [0.29, 0.717) is 17.5 Å². The van der Waals surface area contributed by atoms with Gasteiger partial charge in [0.2, 0.25) is 5.91 Å². The number of carbonyl (C=O) groups is 1. The second-order valence-corrected chi connectivity index (χ2v) is 7.74. The standard InChI is InChI=1S/C21H22N4O2S/c1-15-12-16-8-6-7-11-18(16)25(15)20(26)14-28-21-23-22-19(24(21)2)13-27-17-9-4-3-5-10-17/h3-11,15H,12-14H2,1-2H3/t15-/m0/s1. The van der Waals surface area contributed by atoms with E-state index < -0.39 is 0 Å². The largest absolute Gasteiger partial charge is 0.486 e. The lowest BCUT2D eigenvalue weighted by Gasteiger charge is -2.22. The zero-order chi connectivity index (χ0) is 19.5. The number of hydrogen-bond acceptors (Lipinski definition) is 5. The van der Waals surface area contributed by atoms with E-state index in [1.807, 2.05) is 65.0 Å². The van der Waals surface area contributed by atoms with Crippen LogP contribution in [0.2, 0.25) is 0 Å². The third-order valence-electron chi connectivity index (χ3n) is 4.84. The summed E-state index contributed by atoms with van der Waals surface area (Å²) in [6, 6.07) is 17.9. The highest BCUT2D eigenvalue weighted by molar-refractivity contribution is 7.99. The lowest BCUT2D eigenvalue weighted by Crippen LogP contribution is -2.37. The second-order valence-electron chi connectivity index (χ2n) is 6.79. The summed E-state index contributed by atoms with van der Waals surface area (Å²) in [7, 11) is 1.89. The van der Waals surface area contributed by atoms with Gasteiger partial charge in [0, 0.05) is 18.8 Å². The van der Waals surface area contributed by atoms with Crippen LogP contribution in [0.4, 0.5) is 5.69 Å². The first-order valence-electron chi connectivity index (χ1n) is 9.22. The molecule has 1 amide bonds. The summed E-state index contributed by atoms with van der Waals surface area (Å²) in [6.45, 7) is 2.42. The number of carbonyl (C=O) groups excluding carboxylic acids is 1. The molecule has 144 valence electrons. The molecule has 4 rings (SSSR count). The van der Waals surface area contributed by atoms with Crippen LogP contribution in [-0.4, -0.2) is 32.5 Å². The van der Waals surface area contributed by atoms with Gasteiger partial charge in [-0.25, -0.2) is 0 Å². The fraction of sp³-hybridized carbons (Fsp3) is 0.286. The van der Waals surface area contributed by atoms with Gasteiger partial charge < -0.3 is 14.2 Å². The summed E-state index contributed by atoms with van der Waals surface area (Å²) in [4.78, 5) is 14.7. The lowest BCUT2D eigenvalue weighted by molar-refractivity contribution is -0.116. The van der Waals surface area contributed by atoms with Gasteiger partial charge in [0.25, 0.3) is 0 Å². The van der Waals surface area contributed by atoms with Crippen molar-refractivity contribution in [1.29, 1.82) is 0 Å². The van der Waals surface area contributed by atoms with Crippen molar-refractivity contribution in [2.45, 2.75) is 31.1 Å². The molecule has 3 aromatic rings. The van der Waals surface area contributed by atoms with E-state index in [0.717, 1.165) is 23.7 Å². The van der Waals surface area contributed by atoms with E-state index in [4.69, 9.17) is 4.74 Å². The highest BCUT2D eigenvalue weighted by Gasteiger charge is 2.30. The van der Waals surface area contributed by atoms with E-state index in [1.54, 1.807) is 0 Å². The number of para-hydroxylation sites is 2. The van der Waals surface area contributed by atoms with Crippen molar-refractivity contribution in [1.82, 2.24) is 14.8 Å². The average molecular weight is 395 g/mol. The second kappa shape index (κ2) is 8.06. The molecule has 0 saturated carbocycles. The molecule has 0 N–H and O–H groups in total. The molecule has 1 aromatic heterocycles. The minimum absolute atomic E-state index is 0.0903. The SMILES string of the molecule is C[C@H]1Cc2ccccc2N1C(=O)CSc1nnc(COc2ccccc2)n1C. The van der Waals surface area contributed by atoms with Crippen LogP contribution in [0.3, 0.4) is 0 Å². The van der Waals surface area contributed by atoms with E-state index in [-0.39, 0.29) is 11.9 Å². The van der Waals surface area contributed by atoms with Gasteiger partial charge in [-0.15, -0.1) is 10.2 Å². The third-order valence-corrected chi connectivity index (χ3v) is 5.84. The van der Waals surface area contributed by atoms with Gasteiger partial charge in [-0.05, 0) is 37.1 Å². The maximum Gasteiger partial charge on any atom is 0.237 e. The smallest absolute Gasteiger partial charge is 0.237 e. The molecule has 2 heterocycles. The molecule has 1 atom stereocenters. The molecule has 0 fully saturated rings. The maximum atomic E-state index is 12.8. The van der Waals surface area contributed by atoms with Crippen LogP contribution >= 0.6 is 11.8 Å². The number of aromatic nitrogens is 3. The number of ether oxygens (including phenoxy) is 1. The van der Waals surface area contributed by atoms with Crippen molar-refractivity contribution in [2.24, 2.45) is 7.05 Å². The Balaban J connectivity index is 1.38. The Morgan fingerprint density at radius 3 is 2.71 bits per heavy atom. The molecule has 2 aromatic carbocycles. The summed E-state index contributed by atoms with van der Waals surface area (Å²) in [6.07, 6.45) is 0.900. The third kappa shape index (κ3) is 3.75. The van der Waals surface area contributed by atoms with Gasteiger partial charge in [-0.3, -0.25) is 4.79 Å². The Kier molecular flexibility index (Phi) is 5.34. The number of anilines is 1. The molecular weight excluding hydrogens is 372 g/mol. The fourth-order valence-corrected chi connectivity index (χ4v) is 4.19. The van der Waals surface area contributed by atoms with Crippen LogP contribution in [0.25, 0.3) is 0 Å². The number of hydrogen-bond donors (Lipinski definition) is 0. The number of amides is 1. The van der Waals surface area contributed by atoms with Gasteiger partial charge >= 0.3 is 0 Å². The fourth-order valence-electron chi connectivity index (χ4n) is 3.40. The van der Waals surface area contributed by atoms with Crippen molar-refractivity contribution in [3.63, 3.8) is 0 Å². The van der Waals surface area contributed by atoms with Gasteiger partial charge in [0.1, 0.15) is 12.4 Å². The quantitative estimate of drug-likeness (QED) is 0.599. The molecule has 0 saturated heterocycles. The van der Waals surface area contributed by atoms with Crippen molar-refractivity contribution in [3.8, 4) is 5.75 Å². The Labute approximate surface area is 168 Å². The lowest BCUT2D eigenvalue weighted by atomic mass is 10.1. The minimum atomic E-state index is 0.0903. The van der Waals surface area contributed by atoms with E-state index in [9.17, 15) is 4.79 Å². The van der Waals surface area contributed by atoms with Gasteiger partial charge in [0.15, 0.2) is 11.0 Å². The predicted octanol–water partition coefficient (Wildman–Crippen LogP) is 3.46. The van der Waals surface area contributed by atoms with E-state index in [2.05, 4.69) is 23.2 Å².